The lowest BCUT2D eigenvalue weighted by molar-refractivity contribution is 0.598. The smallest absolute Gasteiger partial charge is 0.207 e. The number of hydrogen-bond donors (Lipinski definition) is 0. The summed E-state index contributed by atoms with van der Waals surface area (Å²) in [6.07, 6.45) is 0.504. The maximum Gasteiger partial charge on any atom is 0.207 e. The van der Waals surface area contributed by atoms with Gasteiger partial charge in [-0.05, 0) is 78.9 Å². The van der Waals surface area contributed by atoms with Crippen molar-refractivity contribution in [3.63, 3.8) is 0 Å². The summed E-state index contributed by atoms with van der Waals surface area (Å²) in [4.78, 5) is 10.8. The third kappa shape index (κ3) is 6.49. The van der Waals surface area contributed by atoms with Crippen molar-refractivity contribution in [2.75, 3.05) is 0 Å². The number of aliphatic imine (C=N–C) groups is 2. The number of nitrogens with zero attached hydrogens (tertiary/aromatic N) is 2. The fraction of sp³-hybridized carbons (Fsp3) is 0.0909. The van der Waals surface area contributed by atoms with E-state index < -0.39 is 9.84 Å². The zero-order chi connectivity index (χ0) is 43.1. The standard InChI is InChI=1S/C44H24B10N2O3S/c1-4-18(2)43(31-33(45)37(49)41(53)38(50)34(31)46)56-44(32-35(47)39(51)42(54)40(52)36(32)48)55-19(3)22-9-7-10-27-30(22)25-17-20(12-14-26(25)59-27)21-13-15-29-24(16-21)23-8-5-6-11-28(23)60(29,57)58/h5-17H,4H2,1-3H3/b43-18+,55-19?,56-44?. The average Bonchev–Trinajstić information content (AvgIpc) is 3.74. The van der Waals surface area contributed by atoms with E-state index >= 15 is 0 Å². The van der Waals surface area contributed by atoms with Gasteiger partial charge < -0.3 is 4.42 Å². The number of fused-ring (bicyclic) bond motifs is 6. The highest BCUT2D eigenvalue weighted by Crippen LogP contribution is 2.45. The Hall–Kier alpha value is -5.20. The summed E-state index contributed by atoms with van der Waals surface area (Å²) in [6, 6.07) is 23.8. The Morgan fingerprint density at radius 3 is 1.75 bits per heavy atom. The summed E-state index contributed by atoms with van der Waals surface area (Å²) in [5, 5.41) is 1.55. The molecule has 8 rings (SSSR count). The summed E-state index contributed by atoms with van der Waals surface area (Å²) in [5.74, 6) is 0.00957. The molecule has 1 aromatic heterocycles. The molecular weight excluding hydrogens is 745 g/mol. The van der Waals surface area contributed by atoms with Crippen LogP contribution in [0.4, 0.5) is 0 Å². The van der Waals surface area contributed by atoms with Crippen LogP contribution in [0.3, 0.4) is 0 Å². The summed E-state index contributed by atoms with van der Waals surface area (Å²) in [5.41, 5.74) is 7.08. The number of amidine groups is 1. The van der Waals surface area contributed by atoms with Gasteiger partial charge in [0, 0.05) is 38.7 Å². The number of hydrogen-bond acceptors (Lipinski definition) is 4. The minimum Gasteiger partial charge on any atom is -0.456 e. The molecule has 2 heterocycles. The van der Waals surface area contributed by atoms with Crippen LogP contribution in [0.15, 0.2) is 109 Å². The van der Waals surface area contributed by atoms with Gasteiger partial charge in [0.25, 0.3) is 0 Å². The van der Waals surface area contributed by atoms with E-state index in [4.69, 9.17) is 92.9 Å². The summed E-state index contributed by atoms with van der Waals surface area (Å²) in [6.45, 7) is 5.58. The van der Waals surface area contributed by atoms with Gasteiger partial charge in [0.05, 0.1) is 15.5 Å². The van der Waals surface area contributed by atoms with E-state index in [1.54, 1.807) is 25.1 Å². The minimum absolute atomic E-state index is 0.00154. The molecule has 0 unspecified atom stereocenters. The van der Waals surface area contributed by atoms with Crippen LogP contribution in [0.5, 0.6) is 0 Å². The Bertz CT molecular complexity index is 3190. The number of allylic oxidation sites excluding steroid dienone is 1. The molecule has 20 radical (unpaired) electrons. The molecule has 0 aliphatic carbocycles. The van der Waals surface area contributed by atoms with Gasteiger partial charge in [0.2, 0.25) is 9.84 Å². The van der Waals surface area contributed by atoms with Crippen molar-refractivity contribution in [3.8, 4) is 22.3 Å². The third-order valence-electron chi connectivity index (χ3n) is 11.2. The van der Waals surface area contributed by atoms with Crippen LogP contribution in [0.2, 0.25) is 0 Å². The quantitative estimate of drug-likeness (QED) is 0.125. The Morgan fingerprint density at radius 1 is 0.567 bits per heavy atom. The molecule has 0 spiro atoms. The third-order valence-corrected chi connectivity index (χ3v) is 13.1. The van der Waals surface area contributed by atoms with Crippen molar-refractivity contribution >= 4 is 182 Å². The number of sulfone groups is 1. The van der Waals surface area contributed by atoms with E-state index in [0.717, 1.165) is 27.5 Å². The SMILES string of the molecule is [B]c1c([B])c([B])c(C(=N/C(=C(\C)CC)c2c([B])c([B])c([B])c([B])c2[B])N=C(C)c2cccc3oc4ccc(-c5ccc6c(c5)-c5ccccc5S6(=O)=O)cc4c23)c([B])c1[B]. The van der Waals surface area contributed by atoms with Crippen molar-refractivity contribution < 1.29 is 12.8 Å². The van der Waals surface area contributed by atoms with Crippen LogP contribution < -0.4 is 54.6 Å². The maximum absolute atomic E-state index is 13.3. The zero-order valence-corrected chi connectivity index (χ0v) is 33.8. The van der Waals surface area contributed by atoms with Gasteiger partial charge in [-0.25, -0.2) is 18.4 Å². The molecule has 16 heteroatoms. The van der Waals surface area contributed by atoms with Gasteiger partial charge in [-0.15, -0.1) is 32.8 Å². The van der Waals surface area contributed by atoms with Gasteiger partial charge >= 0.3 is 0 Å². The monoisotopic (exact) mass is 770 g/mol. The largest absolute Gasteiger partial charge is 0.456 e. The fourth-order valence-electron chi connectivity index (χ4n) is 7.69. The molecular formula is C44H24B10N2O3S. The molecule has 264 valence electrons. The molecule has 0 fully saturated rings. The van der Waals surface area contributed by atoms with Crippen molar-refractivity contribution in [3.05, 3.63) is 101 Å². The molecule has 1 aliphatic rings. The first-order chi connectivity index (χ1) is 28.5. The zero-order valence-electron chi connectivity index (χ0n) is 33.0. The van der Waals surface area contributed by atoms with E-state index in [1.165, 1.54) is 0 Å². The molecule has 5 nitrogen and oxygen atoms in total. The Morgan fingerprint density at radius 2 is 1.12 bits per heavy atom. The van der Waals surface area contributed by atoms with Crippen molar-refractivity contribution in [1.29, 1.82) is 0 Å². The van der Waals surface area contributed by atoms with Gasteiger partial charge in [-0.1, -0.05) is 71.2 Å². The molecule has 0 amide bonds. The highest BCUT2D eigenvalue weighted by atomic mass is 32.2. The molecule has 0 atom stereocenters. The number of benzene rings is 6. The highest BCUT2D eigenvalue weighted by molar-refractivity contribution is 7.92. The second kappa shape index (κ2) is 15.4. The van der Waals surface area contributed by atoms with Crippen LogP contribution in [0.1, 0.15) is 43.9 Å². The van der Waals surface area contributed by atoms with Crippen LogP contribution in [0, 0.1) is 0 Å². The predicted octanol–water partition coefficient (Wildman–Crippen LogP) is -0.899. The lowest BCUT2D eigenvalue weighted by Gasteiger charge is -2.24. The summed E-state index contributed by atoms with van der Waals surface area (Å²) >= 11 is 0. The predicted molar refractivity (Wildman–Crippen MR) is 258 cm³/mol. The molecule has 60 heavy (non-hydrogen) atoms. The normalized spacial score (nSPS) is 14.1. The van der Waals surface area contributed by atoms with E-state index in [0.29, 0.717) is 50.6 Å². The van der Waals surface area contributed by atoms with Crippen molar-refractivity contribution in [2.45, 2.75) is 37.0 Å². The maximum atomic E-state index is 13.3. The second-order valence-corrected chi connectivity index (χ2v) is 16.6. The molecule has 0 N–H and O–H groups in total. The number of rotatable bonds is 6. The van der Waals surface area contributed by atoms with Crippen LogP contribution in [-0.2, 0) is 9.84 Å². The molecule has 0 saturated carbocycles. The highest BCUT2D eigenvalue weighted by Gasteiger charge is 2.32. The first-order valence-electron chi connectivity index (χ1n) is 18.8. The molecule has 1 aliphatic heterocycles. The van der Waals surface area contributed by atoms with Gasteiger partial charge in [0.15, 0.2) is 5.84 Å². The lowest BCUT2D eigenvalue weighted by atomic mass is 9.60. The first kappa shape index (κ1) is 41.5. The van der Waals surface area contributed by atoms with Gasteiger partial charge in [-0.3, -0.25) is 0 Å². The lowest BCUT2D eigenvalue weighted by Crippen LogP contribution is -2.57. The van der Waals surface area contributed by atoms with Crippen LogP contribution in [0.25, 0.3) is 49.9 Å². The van der Waals surface area contributed by atoms with Crippen LogP contribution >= 0.6 is 0 Å². The first-order valence-corrected chi connectivity index (χ1v) is 20.3. The Labute approximate surface area is 363 Å². The molecule has 0 bridgehead atoms. The molecule has 7 aromatic rings. The second-order valence-electron chi connectivity index (χ2n) is 14.7. The summed E-state index contributed by atoms with van der Waals surface area (Å²) < 4.78 is 33.0. The fourth-order valence-corrected chi connectivity index (χ4v) is 9.36. The van der Waals surface area contributed by atoms with E-state index in [1.807, 2.05) is 74.5 Å². The van der Waals surface area contributed by atoms with Crippen LogP contribution in [-0.4, -0.2) is 98.4 Å². The van der Waals surface area contributed by atoms with E-state index in [2.05, 4.69) is 0 Å². The Kier molecular flexibility index (Phi) is 10.6. The molecule has 0 saturated heterocycles. The minimum atomic E-state index is -3.62. The van der Waals surface area contributed by atoms with Gasteiger partial charge in [-0.2, -0.15) is 0 Å². The van der Waals surface area contributed by atoms with Gasteiger partial charge in [0.1, 0.15) is 89.6 Å². The van der Waals surface area contributed by atoms with E-state index in [-0.39, 0.29) is 76.5 Å². The Balaban J connectivity index is 1.36. The molecule has 6 aromatic carbocycles. The average molecular weight is 769 g/mol. The topological polar surface area (TPSA) is 72.0 Å². The van der Waals surface area contributed by atoms with Crippen molar-refractivity contribution in [2.24, 2.45) is 9.98 Å². The van der Waals surface area contributed by atoms with Crippen molar-refractivity contribution in [1.82, 2.24) is 0 Å². The number of furan rings is 1. The van der Waals surface area contributed by atoms with E-state index in [9.17, 15) is 8.42 Å². The summed E-state index contributed by atoms with van der Waals surface area (Å²) in [7, 11) is 60.6.